The average molecular weight is 353 g/mol. The molecule has 1 unspecified atom stereocenters. The van der Waals surface area contributed by atoms with Gasteiger partial charge in [0.1, 0.15) is 6.04 Å². The number of carbonyl (C=O) groups is 1. The minimum absolute atomic E-state index is 0.0724. The maximum absolute atomic E-state index is 12.4. The highest BCUT2D eigenvalue weighted by Gasteiger charge is 2.27. The van der Waals surface area contributed by atoms with Crippen LogP contribution < -0.4 is 19.7 Å². The number of fused-ring (bicyclic) bond motifs is 2. The molecule has 2 atom stereocenters. The standard InChI is InChI=1S/C21H24N2O3/c1-23(18-8-4-6-16-5-2-3-7-17(16)18)13-21(24)22-12-15-9-10-19-20(11-15)26-14-25-19/h2-3,5,7,9-11,18H,4,6,8,12-14H2,1H3,(H,22,24)/p+1/t18-/m0/s1. The molecule has 0 saturated heterocycles. The number of benzene rings is 2. The lowest BCUT2D eigenvalue weighted by Crippen LogP contribution is -3.10. The van der Waals surface area contributed by atoms with Crippen molar-refractivity contribution in [2.24, 2.45) is 0 Å². The van der Waals surface area contributed by atoms with E-state index < -0.39 is 0 Å². The van der Waals surface area contributed by atoms with Gasteiger partial charge in [-0.2, -0.15) is 0 Å². The zero-order valence-electron chi connectivity index (χ0n) is 15.1. The molecule has 0 radical (unpaired) electrons. The van der Waals surface area contributed by atoms with Crippen LogP contribution in [0.25, 0.3) is 0 Å². The number of hydrogen-bond acceptors (Lipinski definition) is 3. The summed E-state index contributed by atoms with van der Waals surface area (Å²) < 4.78 is 10.7. The van der Waals surface area contributed by atoms with E-state index >= 15 is 0 Å². The van der Waals surface area contributed by atoms with Crippen molar-refractivity contribution >= 4 is 5.91 Å². The first-order chi connectivity index (χ1) is 12.7. The van der Waals surface area contributed by atoms with E-state index in [-0.39, 0.29) is 12.7 Å². The van der Waals surface area contributed by atoms with E-state index in [1.807, 2.05) is 18.2 Å². The molecule has 5 nitrogen and oxygen atoms in total. The molecule has 26 heavy (non-hydrogen) atoms. The molecule has 0 bridgehead atoms. The fraction of sp³-hybridized carbons (Fsp3) is 0.381. The third-order valence-corrected chi connectivity index (χ3v) is 5.33. The van der Waals surface area contributed by atoms with E-state index in [0.717, 1.165) is 29.9 Å². The summed E-state index contributed by atoms with van der Waals surface area (Å²) in [6.45, 7) is 1.25. The van der Waals surface area contributed by atoms with Gasteiger partial charge in [0.25, 0.3) is 5.91 Å². The van der Waals surface area contributed by atoms with Crippen molar-refractivity contribution in [1.82, 2.24) is 5.32 Å². The minimum Gasteiger partial charge on any atom is -0.454 e. The van der Waals surface area contributed by atoms with E-state index in [0.29, 0.717) is 19.1 Å². The number of nitrogens with one attached hydrogen (secondary N) is 2. The number of aryl methyl sites for hydroxylation is 1. The first kappa shape index (κ1) is 16.9. The number of ether oxygens (including phenoxy) is 2. The van der Waals surface area contributed by atoms with Crippen LogP contribution in [0.4, 0.5) is 0 Å². The van der Waals surface area contributed by atoms with Gasteiger partial charge in [-0.05, 0) is 36.1 Å². The van der Waals surface area contributed by atoms with Crippen LogP contribution in [0.1, 0.15) is 35.6 Å². The second-order valence-corrected chi connectivity index (χ2v) is 7.13. The number of amides is 1. The van der Waals surface area contributed by atoms with Crippen LogP contribution in [-0.4, -0.2) is 26.3 Å². The van der Waals surface area contributed by atoms with Crippen LogP contribution in [0.15, 0.2) is 42.5 Å². The van der Waals surface area contributed by atoms with Crippen molar-refractivity contribution in [3.8, 4) is 11.5 Å². The van der Waals surface area contributed by atoms with E-state index in [1.54, 1.807) is 0 Å². The maximum Gasteiger partial charge on any atom is 0.275 e. The summed E-state index contributed by atoms with van der Waals surface area (Å²) in [4.78, 5) is 13.7. The smallest absolute Gasteiger partial charge is 0.275 e. The number of rotatable bonds is 5. The zero-order valence-corrected chi connectivity index (χ0v) is 15.1. The summed E-state index contributed by atoms with van der Waals surface area (Å²) in [5.41, 5.74) is 3.85. The van der Waals surface area contributed by atoms with Crippen molar-refractivity contribution in [3.05, 3.63) is 59.2 Å². The second-order valence-electron chi connectivity index (χ2n) is 7.13. The predicted octanol–water partition coefficient (Wildman–Crippen LogP) is 1.62. The highest BCUT2D eigenvalue weighted by atomic mass is 16.7. The van der Waals surface area contributed by atoms with Crippen LogP contribution >= 0.6 is 0 Å². The molecule has 1 aliphatic heterocycles. The minimum atomic E-state index is 0.0724. The summed E-state index contributed by atoms with van der Waals surface area (Å²) >= 11 is 0. The van der Waals surface area contributed by atoms with Crippen molar-refractivity contribution < 1.29 is 19.2 Å². The van der Waals surface area contributed by atoms with Gasteiger partial charge in [0, 0.05) is 18.5 Å². The van der Waals surface area contributed by atoms with Crippen molar-refractivity contribution in [2.75, 3.05) is 20.4 Å². The molecule has 2 N–H and O–H groups in total. The summed E-state index contributed by atoms with van der Waals surface area (Å²) in [5, 5.41) is 3.03. The van der Waals surface area contributed by atoms with E-state index in [4.69, 9.17) is 9.47 Å². The summed E-state index contributed by atoms with van der Waals surface area (Å²) in [7, 11) is 2.12. The Bertz CT molecular complexity index is 806. The zero-order chi connectivity index (χ0) is 17.9. The van der Waals surface area contributed by atoms with Crippen LogP contribution in [-0.2, 0) is 17.8 Å². The molecule has 1 amide bonds. The van der Waals surface area contributed by atoms with Gasteiger partial charge in [0.05, 0.1) is 7.05 Å². The molecule has 5 heteroatoms. The molecule has 2 aliphatic rings. The predicted molar refractivity (Wildman–Crippen MR) is 98.3 cm³/mol. The molecule has 0 aromatic heterocycles. The van der Waals surface area contributed by atoms with E-state index in [1.165, 1.54) is 22.4 Å². The van der Waals surface area contributed by atoms with Gasteiger partial charge in [-0.15, -0.1) is 0 Å². The molecule has 0 fully saturated rings. The second kappa shape index (κ2) is 7.38. The lowest BCUT2D eigenvalue weighted by molar-refractivity contribution is -0.905. The molecular weight excluding hydrogens is 328 g/mol. The Morgan fingerprint density at radius 1 is 1.19 bits per heavy atom. The van der Waals surface area contributed by atoms with Crippen molar-refractivity contribution in [2.45, 2.75) is 31.8 Å². The SMILES string of the molecule is C[NH+](CC(=O)NCc1ccc2c(c1)OCO2)[C@H]1CCCc2ccccc21. The topological polar surface area (TPSA) is 52.0 Å². The van der Waals surface area contributed by atoms with Gasteiger partial charge < -0.3 is 19.7 Å². The third-order valence-electron chi connectivity index (χ3n) is 5.33. The Hall–Kier alpha value is -2.53. The molecule has 0 spiro atoms. The monoisotopic (exact) mass is 353 g/mol. The highest BCUT2D eigenvalue weighted by Crippen LogP contribution is 2.32. The van der Waals surface area contributed by atoms with Crippen LogP contribution in [0.5, 0.6) is 11.5 Å². The molecule has 2 aromatic rings. The van der Waals surface area contributed by atoms with Gasteiger partial charge in [-0.3, -0.25) is 4.79 Å². The van der Waals surface area contributed by atoms with Gasteiger partial charge in [0.15, 0.2) is 18.0 Å². The van der Waals surface area contributed by atoms with Crippen LogP contribution in [0, 0.1) is 0 Å². The third kappa shape index (κ3) is 3.53. The van der Waals surface area contributed by atoms with Crippen molar-refractivity contribution in [1.29, 1.82) is 0 Å². The van der Waals surface area contributed by atoms with Gasteiger partial charge >= 0.3 is 0 Å². The average Bonchev–Trinajstić information content (AvgIpc) is 3.13. The molecule has 0 saturated carbocycles. The molecule has 2 aromatic carbocycles. The first-order valence-corrected chi connectivity index (χ1v) is 9.26. The number of likely N-dealkylation sites (N-methyl/N-ethyl adjacent to an activating group) is 1. The number of hydrogen-bond donors (Lipinski definition) is 2. The molecule has 4 rings (SSSR count). The lowest BCUT2D eigenvalue weighted by Gasteiger charge is -2.30. The van der Waals surface area contributed by atoms with Gasteiger partial charge in [-0.25, -0.2) is 0 Å². The van der Waals surface area contributed by atoms with Crippen molar-refractivity contribution in [3.63, 3.8) is 0 Å². The molecular formula is C21H25N2O3+. The number of carbonyl (C=O) groups excluding carboxylic acids is 1. The van der Waals surface area contributed by atoms with Gasteiger partial charge in [-0.1, -0.05) is 30.3 Å². The summed E-state index contributed by atoms with van der Waals surface area (Å²) in [6.07, 6.45) is 3.48. The molecule has 1 aliphatic carbocycles. The first-order valence-electron chi connectivity index (χ1n) is 9.26. The summed E-state index contributed by atoms with van der Waals surface area (Å²) in [6, 6.07) is 14.8. The Balaban J connectivity index is 1.34. The number of quaternary nitrogens is 1. The van der Waals surface area contributed by atoms with Gasteiger partial charge in [0.2, 0.25) is 6.79 Å². The Morgan fingerprint density at radius 3 is 2.96 bits per heavy atom. The Kier molecular flexibility index (Phi) is 4.80. The van der Waals surface area contributed by atoms with E-state index in [2.05, 4.69) is 36.6 Å². The van der Waals surface area contributed by atoms with Crippen LogP contribution in [0.2, 0.25) is 0 Å². The Labute approximate surface area is 153 Å². The molecule has 136 valence electrons. The normalized spacial score (nSPS) is 18.9. The largest absolute Gasteiger partial charge is 0.454 e. The summed E-state index contributed by atoms with van der Waals surface area (Å²) in [5.74, 6) is 1.58. The Morgan fingerprint density at radius 2 is 2.04 bits per heavy atom. The quantitative estimate of drug-likeness (QED) is 0.859. The van der Waals surface area contributed by atoms with Crippen LogP contribution in [0.3, 0.4) is 0 Å². The van der Waals surface area contributed by atoms with E-state index in [9.17, 15) is 4.79 Å². The lowest BCUT2D eigenvalue weighted by atomic mass is 9.87. The molecule has 1 heterocycles. The fourth-order valence-electron chi connectivity index (χ4n) is 3.96. The highest BCUT2D eigenvalue weighted by molar-refractivity contribution is 5.76. The maximum atomic E-state index is 12.4. The fourth-order valence-corrected chi connectivity index (χ4v) is 3.96.